The topological polar surface area (TPSA) is 46.3 Å². The van der Waals surface area contributed by atoms with Crippen molar-refractivity contribution in [3.8, 4) is 0 Å². The highest BCUT2D eigenvalue weighted by Crippen LogP contribution is 2.04. The SMILES string of the molecule is CCC(CC)N(C)C(N)=O. The van der Waals surface area contributed by atoms with Gasteiger partial charge in [-0.2, -0.15) is 0 Å². The molecule has 3 nitrogen and oxygen atoms in total. The van der Waals surface area contributed by atoms with Gasteiger partial charge in [-0.15, -0.1) is 0 Å². The third kappa shape index (κ3) is 2.25. The van der Waals surface area contributed by atoms with E-state index >= 15 is 0 Å². The van der Waals surface area contributed by atoms with Crippen LogP contribution in [0.4, 0.5) is 4.79 Å². The lowest BCUT2D eigenvalue weighted by molar-refractivity contribution is 0.196. The summed E-state index contributed by atoms with van der Waals surface area (Å²) in [5.74, 6) is 0. The van der Waals surface area contributed by atoms with Crippen LogP contribution >= 0.6 is 0 Å². The van der Waals surface area contributed by atoms with Crippen LogP contribution in [0.15, 0.2) is 0 Å². The molecule has 3 heteroatoms. The molecule has 0 atom stereocenters. The molecule has 0 aliphatic heterocycles. The molecule has 0 radical (unpaired) electrons. The number of amides is 2. The summed E-state index contributed by atoms with van der Waals surface area (Å²) in [7, 11) is 1.74. The molecule has 2 N–H and O–H groups in total. The molecule has 0 bridgehead atoms. The molecule has 0 heterocycles. The Bertz CT molecular complexity index is 110. The molecule has 60 valence electrons. The van der Waals surface area contributed by atoms with E-state index in [-0.39, 0.29) is 6.03 Å². The van der Waals surface area contributed by atoms with Gasteiger partial charge in [-0.25, -0.2) is 4.79 Å². The number of urea groups is 1. The van der Waals surface area contributed by atoms with Gasteiger partial charge in [-0.1, -0.05) is 13.8 Å². The predicted octanol–water partition coefficient (Wildman–Crippen LogP) is 1.19. The molecule has 0 aromatic heterocycles. The summed E-state index contributed by atoms with van der Waals surface area (Å²) in [6, 6.07) is -0.0359. The second kappa shape index (κ2) is 4.14. The van der Waals surface area contributed by atoms with Crippen LogP contribution in [0.25, 0.3) is 0 Å². The summed E-state index contributed by atoms with van der Waals surface area (Å²) >= 11 is 0. The monoisotopic (exact) mass is 144 g/mol. The summed E-state index contributed by atoms with van der Waals surface area (Å²) in [4.78, 5) is 12.2. The maximum absolute atomic E-state index is 10.6. The highest BCUT2D eigenvalue weighted by atomic mass is 16.2. The molecule has 2 amide bonds. The lowest BCUT2D eigenvalue weighted by Crippen LogP contribution is -2.39. The van der Waals surface area contributed by atoms with Crippen LogP contribution in [0.1, 0.15) is 26.7 Å². The number of hydrogen-bond donors (Lipinski definition) is 1. The van der Waals surface area contributed by atoms with Crippen molar-refractivity contribution in [2.45, 2.75) is 32.7 Å². The van der Waals surface area contributed by atoms with Gasteiger partial charge in [-0.3, -0.25) is 0 Å². The Morgan fingerprint density at radius 2 is 1.90 bits per heavy atom. The van der Waals surface area contributed by atoms with E-state index in [1.165, 1.54) is 0 Å². The van der Waals surface area contributed by atoms with Crippen LogP contribution in [0.2, 0.25) is 0 Å². The maximum Gasteiger partial charge on any atom is 0.314 e. The van der Waals surface area contributed by atoms with Crippen LogP contribution < -0.4 is 5.73 Å². The molecule has 0 unspecified atom stereocenters. The minimum absolute atomic E-state index is 0.303. The van der Waals surface area contributed by atoms with Crippen molar-refractivity contribution in [3.63, 3.8) is 0 Å². The minimum Gasteiger partial charge on any atom is -0.351 e. The third-order valence-electron chi connectivity index (χ3n) is 1.84. The van der Waals surface area contributed by atoms with Crippen LogP contribution in [0.3, 0.4) is 0 Å². The zero-order valence-corrected chi connectivity index (χ0v) is 6.92. The number of hydrogen-bond acceptors (Lipinski definition) is 1. The molecule has 0 rings (SSSR count). The van der Waals surface area contributed by atoms with E-state index in [1.54, 1.807) is 11.9 Å². The molecule has 0 aliphatic rings. The lowest BCUT2D eigenvalue weighted by atomic mass is 10.1. The first-order valence-electron chi connectivity index (χ1n) is 3.65. The third-order valence-corrected chi connectivity index (χ3v) is 1.84. The van der Waals surface area contributed by atoms with Gasteiger partial charge in [0, 0.05) is 13.1 Å². The molecule has 0 aromatic rings. The summed E-state index contributed by atoms with van der Waals surface area (Å²) in [6.07, 6.45) is 1.94. The molecule has 0 saturated carbocycles. The van der Waals surface area contributed by atoms with E-state index in [0.717, 1.165) is 12.8 Å². The summed E-state index contributed by atoms with van der Waals surface area (Å²) in [6.45, 7) is 4.10. The first-order valence-corrected chi connectivity index (χ1v) is 3.65. The number of carbonyl (C=O) groups is 1. The molecule has 0 spiro atoms. The summed E-state index contributed by atoms with van der Waals surface area (Å²) in [5.41, 5.74) is 5.08. The fraction of sp³-hybridized carbons (Fsp3) is 0.857. The van der Waals surface area contributed by atoms with Crippen molar-refractivity contribution < 1.29 is 4.79 Å². The van der Waals surface area contributed by atoms with Gasteiger partial charge in [0.05, 0.1) is 0 Å². The Morgan fingerprint density at radius 1 is 1.50 bits per heavy atom. The average Bonchev–Trinajstić information content (AvgIpc) is 1.90. The number of rotatable bonds is 3. The maximum atomic E-state index is 10.6. The van der Waals surface area contributed by atoms with Crippen molar-refractivity contribution >= 4 is 6.03 Å². The minimum atomic E-state index is -0.339. The first-order chi connectivity index (χ1) is 4.63. The van der Waals surface area contributed by atoms with Crippen molar-refractivity contribution in [2.24, 2.45) is 5.73 Å². The molecular formula is C7H16N2O. The van der Waals surface area contributed by atoms with Crippen LogP contribution in [0, 0.1) is 0 Å². The zero-order valence-electron chi connectivity index (χ0n) is 6.92. The van der Waals surface area contributed by atoms with Gasteiger partial charge in [0.1, 0.15) is 0 Å². The van der Waals surface area contributed by atoms with Gasteiger partial charge in [0.15, 0.2) is 0 Å². The lowest BCUT2D eigenvalue weighted by Gasteiger charge is -2.23. The van der Waals surface area contributed by atoms with Gasteiger partial charge in [0.25, 0.3) is 0 Å². The van der Waals surface area contributed by atoms with Crippen molar-refractivity contribution in [3.05, 3.63) is 0 Å². The molecule has 10 heavy (non-hydrogen) atoms. The number of primary amides is 1. The van der Waals surface area contributed by atoms with Crippen LogP contribution in [-0.2, 0) is 0 Å². The Labute approximate surface area is 62.2 Å². The van der Waals surface area contributed by atoms with Crippen molar-refractivity contribution in [1.82, 2.24) is 4.90 Å². The summed E-state index contributed by atoms with van der Waals surface area (Å²) in [5, 5.41) is 0. The standard InChI is InChI=1S/C7H16N2O/c1-4-6(5-2)9(3)7(8)10/h6H,4-5H2,1-3H3,(H2,8,10). The first kappa shape index (κ1) is 9.27. The molecule has 0 fully saturated rings. The molecular weight excluding hydrogens is 128 g/mol. The van der Waals surface area contributed by atoms with Gasteiger partial charge in [-0.05, 0) is 12.8 Å². The fourth-order valence-electron chi connectivity index (χ4n) is 1.02. The normalized spacial score (nSPS) is 10.0. The van der Waals surface area contributed by atoms with E-state index in [2.05, 4.69) is 0 Å². The quantitative estimate of drug-likeness (QED) is 0.635. The highest BCUT2D eigenvalue weighted by Gasteiger charge is 2.12. The second-order valence-electron chi connectivity index (χ2n) is 2.42. The van der Waals surface area contributed by atoms with Crippen LogP contribution in [0.5, 0.6) is 0 Å². The molecule has 0 aromatic carbocycles. The Kier molecular flexibility index (Phi) is 3.84. The number of nitrogens with zero attached hydrogens (tertiary/aromatic N) is 1. The number of nitrogens with two attached hydrogens (primary N) is 1. The predicted molar refractivity (Wildman–Crippen MR) is 41.7 cm³/mol. The van der Waals surface area contributed by atoms with E-state index in [9.17, 15) is 4.79 Å². The van der Waals surface area contributed by atoms with Crippen LogP contribution in [-0.4, -0.2) is 24.0 Å². The molecule has 0 aliphatic carbocycles. The Morgan fingerprint density at radius 3 is 2.00 bits per heavy atom. The fourth-order valence-corrected chi connectivity index (χ4v) is 1.02. The number of carbonyl (C=O) groups excluding carboxylic acids is 1. The van der Waals surface area contributed by atoms with Crippen molar-refractivity contribution in [1.29, 1.82) is 0 Å². The smallest absolute Gasteiger partial charge is 0.314 e. The second-order valence-corrected chi connectivity index (χ2v) is 2.42. The average molecular weight is 144 g/mol. The van der Waals surface area contributed by atoms with Gasteiger partial charge in [0.2, 0.25) is 0 Å². The van der Waals surface area contributed by atoms with Gasteiger partial charge >= 0.3 is 6.03 Å². The van der Waals surface area contributed by atoms with Crippen molar-refractivity contribution in [2.75, 3.05) is 7.05 Å². The van der Waals surface area contributed by atoms with Gasteiger partial charge < -0.3 is 10.6 Å². The van der Waals surface area contributed by atoms with E-state index in [0.29, 0.717) is 6.04 Å². The Balaban J connectivity index is 3.88. The van der Waals surface area contributed by atoms with E-state index in [4.69, 9.17) is 5.73 Å². The van der Waals surface area contributed by atoms with E-state index < -0.39 is 0 Å². The molecule has 0 saturated heterocycles. The summed E-state index contributed by atoms with van der Waals surface area (Å²) < 4.78 is 0. The highest BCUT2D eigenvalue weighted by molar-refractivity contribution is 5.71. The zero-order chi connectivity index (χ0) is 8.15. The Hall–Kier alpha value is -0.730. The van der Waals surface area contributed by atoms with E-state index in [1.807, 2.05) is 13.8 Å². The largest absolute Gasteiger partial charge is 0.351 e.